The number of urea groups is 1. The number of primary amides is 1. The molecule has 2 aliphatic carbocycles. The lowest BCUT2D eigenvalue weighted by Crippen LogP contribution is -2.30. The molecule has 0 aromatic heterocycles. The molecule has 2 aliphatic rings. The van der Waals surface area contributed by atoms with Crippen molar-refractivity contribution in [2.75, 3.05) is 0 Å². The Morgan fingerprint density at radius 1 is 1.44 bits per heavy atom. The summed E-state index contributed by atoms with van der Waals surface area (Å²) in [5.74, 6) is 1.20. The summed E-state index contributed by atoms with van der Waals surface area (Å²) >= 11 is 0. The maximum atomic E-state index is 10.8. The van der Waals surface area contributed by atoms with Crippen molar-refractivity contribution in [3.05, 3.63) is 0 Å². The van der Waals surface area contributed by atoms with Crippen LogP contribution < -0.4 is 11.2 Å². The van der Waals surface area contributed by atoms with Gasteiger partial charge in [0.2, 0.25) is 0 Å². The summed E-state index contributed by atoms with van der Waals surface area (Å²) in [5.41, 5.74) is 9.40. The molecular formula is C14H25N3O. The van der Waals surface area contributed by atoms with Crippen LogP contribution in [0.25, 0.3) is 0 Å². The van der Waals surface area contributed by atoms with E-state index in [1.807, 2.05) is 0 Å². The third-order valence-electron chi connectivity index (χ3n) is 5.75. The zero-order valence-corrected chi connectivity index (χ0v) is 11.9. The number of carbonyl (C=O) groups is 1. The molecule has 0 aliphatic heterocycles. The quantitative estimate of drug-likeness (QED) is 0.588. The van der Waals surface area contributed by atoms with Gasteiger partial charge in [-0.25, -0.2) is 10.2 Å². The fourth-order valence-electron chi connectivity index (χ4n) is 4.20. The van der Waals surface area contributed by atoms with Gasteiger partial charge in [-0.15, -0.1) is 0 Å². The van der Waals surface area contributed by atoms with Crippen molar-refractivity contribution in [2.45, 2.75) is 53.4 Å². The lowest BCUT2D eigenvalue weighted by atomic mass is 9.71. The second kappa shape index (κ2) is 4.25. The van der Waals surface area contributed by atoms with Crippen molar-refractivity contribution < 1.29 is 4.79 Å². The smallest absolute Gasteiger partial charge is 0.332 e. The minimum atomic E-state index is -0.574. The molecule has 2 rings (SSSR count). The van der Waals surface area contributed by atoms with E-state index >= 15 is 0 Å². The second-order valence-corrected chi connectivity index (χ2v) is 6.67. The van der Waals surface area contributed by atoms with Gasteiger partial charge in [0, 0.05) is 11.6 Å². The molecule has 0 spiro atoms. The maximum absolute atomic E-state index is 10.8. The van der Waals surface area contributed by atoms with Crippen LogP contribution in [0.1, 0.15) is 53.4 Å². The van der Waals surface area contributed by atoms with Crippen molar-refractivity contribution in [3.8, 4) is 0 Å². The second-order valence-electron chi connectivity index (χ2n) is 6.67. The first-order valence-corrected chi connectivity index (χ1v) is 6.93. The summed E-state index contributed by atoms with van der Waals surface area (Å²) in [6.45, 7) is 9.28. The molecule has 2 saturated carbocycles. The first-order chi connectivity index (χ1) is 8.32. The summed E-state index contributed by atoms with van der Waals surface area (Å²) < 4.78 is 0. The van der Waals surface area contributed by atoms with E-state index in [0.717, 1.165) is 12.1 Å². The molecular weight excluding hydrogens is 226 g/mol. The van der Waals surface area contributed by atoms with Gasteiger partial charge in [-0.05, 0) is 42.4 Å². The minimum absolute atomic E-state index is 0.375. The first kappa shape index (κ1) is 13.4. The van der Waals surface area contributed by atoms with Gasteiger partial charge in [0.1, 0.15) is 0 Å². The number of carbonyl (C=O) groups excluding carboxylic acids is 1. The average Bonchev–Trinajstić information content (AvgIpc) is 2.61. The molecule has 2 bridgehead atoms. The Morgan fingerprint density at radius 2 is 2.11 bits per heavy atom. The Kier molecular flexibility index (Phi) is 3.16. The molecule has 0 radical (unpaired) electrons. The van der Waals surface area contributed by atoms with E-state index in [4.69, 9.17) is 5.73 Å². The summed E-state index contributed by atoms with van der Waals surface area (Å²) in [7, 11) is 0. The summed E-state index contributed by atoms with van der Waals surface area (Å²) in [5, 5.41) is 4.23. The molecule has 2 fully saturated rings. The topological polar surface area (TPSA) is 67.5 Å². The minimum Gasteiger partial charge on any atom is -0.350 e. The summed E-state index contributed by atoms with van der Waals surface area (Å²) in [6.07, 6.45) is 4.68. The van der Waals surface area contributed by atoms with Crippen LogP contribution in [0, 0.1) is 22.7 Å². The van der Waals surface area contributed by atoms with Crippen molar-refractivity contribution in [1.82, 2.24) is 5.43 Å². The normalized spacial score (nSPS) is 37.9. The predicted octanol–water partition coefficient (Wildman–Crippen LogP) is 2.88. The number of nitrogens with one attached hydrogen (secondary N) is 1. The van der Waals surface area contributed by atoms with Gasteiger partial charge in [0.25, 0.3) is 0 Å². The van der Waals surface area contributed by atoms with Gasteiger partial charge < -0.3 is 5.73 Å². The van der Waals surface area contributed by atoms with Crippen molar-refractivity contribution in [3.63, 3.8) is 0 Å². The van der Waals surface area contributed by atoms with Crippen LogP contribution in [0.4, 0.5) is 4.79 Å². The Bertz CT molecular complexity index is 386. The molecule has 0 saturated heterocycles. The van der Waals surface area contributed by atoms with E-state index in [1.165, 1.54) is 19.3 Å². The van der Waals surface area contributed by atoms with Gasteiger partial charge in [-0.2, -0.15) is 5.10 Å². The largest absolute Gasteiger partial charge is 0.350 e. The molecule has 18 heavy (non-hydrogen) atoms. The zero-order valence-electron chi connectivity index (χ0n) is 11.9. The molecule has 0 unspecified atom stereocenters. The van der Waals surface area contributed by atoms with Crippen LogP contribution in [-0.4, -0.2) is 11.7 Å². The molecule has 4 heteroatoms. The summed E-state index contributed by atoms with van der Waals surface area (Å²) in [4.78, 5) is 10.8. The highest BCUT2D eigenvalue weighted by molar-refractivity contribution is 5.88. The number of hydrazone groups is 1. The highest BCUT2D eigenvalue weighted by atomic mass is 16.2. The highest BCUT2D eigenvalue weighted by Gasteiger charge is 2.61. The SMILES string of the molecule is CCC(=NNC(N)=O)[C@H]1C[C@@]2(C)CC[C@H]1C2(C)C. The van der Waals surface area contributed by atoms with Gasteiger partial charge in [0.15, 0.2) is 0 Å². The number of amides is 2. The van der Waals surface area contributed by atoms with E-state index in [2.05, 4.69) is 38.2 Å². The van der Waals surface area contributed by atoms with Crippen LogP contribution in [-0.2, 0) is 0 Å². The standard InChI is InChI=1S/C14H25N3O/c1-5-11(16-17-12(15)18)9-8-14(4)7-6-10(9)13(14,2)3/h9-10H,5-8H2,1-4H3,(H3,15,17,18)/t9-,10+,14+/m0/s1. The molecule has 4 nitrogen and oxygen atoms in total. The van der Waals surface area contributed by atoms with E-state index in [0.29, 0.717) is 22.7 Å². The summed E-state index contributed by atoms with van der Waals surface area (Å²) in [6, 6.07) is -0.574. The van der Waals surface area contributed by atoms with Crippen LogP contribution in [0.2, 0.25) is 0 Å². The van der Waals surface area contributed by atoms with E-state index in [9.17, 15) is 4.79 Å². The van der Waals surface area contributed by atoms with E-state index in [1.54, 1.807) is 0 Å². The van der Waals surface area contributed by atoms with Crippen molar-refractivity contribution >= 4 is 11.7 Å². The van der Waals surface area contributed by atoms with Crippen LogP contribution in [0.3, 0.4) is 0 Å². The van der Waals surface area contributed by atoms with Crippen LogP contribution >= 0.6 is 0 Å². The fourth-order valence-corrected chi connectivity index (χ4v) is 4.20. The van der Waals surface area contributed by atoms with Crippen molar-refractivity contribution in [1.29, 1.82) is 0 Å². The van der Waals surface area contributed by atoms with Gasteiger partial charge in [-0.3, -0.25) is 0 Å². The van der Waals surface area contributed by atoms with Gasteiger partial charge in [-0.1, -0.05) is 27.7 Å². The zero-order chi connectivity index (χ0) is 13.6. The van der Waals surface area contributed by atoms with E-state index < -0.39 is 6.03 Å². The Hall–Kier alpha value is -1.06. The third-order valence-corrected chi connectivity index (χ3v) is 5.75. The third kappa shape index (κ3) is 1.82. The molecule has 102 valence electrons. The Labute approximate surface area is 109 Å². The molecule has 0 aromatic rings. The number of fused-ring (bicyclic) bond motifs is 2. The number of hydrogen-bond donors (Lipinski definition) is 2. The number of nitrogens with two attached hydrogens (primary N) is 1. The van der Waals surface area contributed by atoms with Gasteiger partial charge in [0.05, 0.1) is 0 Å². The predicted molar refractivity (Wildman–Crippen MR) is 73.2 cm³/mol. The number of hydrogen-bond acceptors (Lipinski definition) is 2. The molecule has 3 atom stereocenters. The van der Waals surface area contributed by atoms with E-state index in [-0.39, 0.29) is 0 Å². The van der Waals surface area contributed by atoms with Crippen LogP contribution in [0.15, 0.2) is 5.10 Å². The van der Waals surface area contributed by atoms with Gasteiger partial charge >= 0.3 is 6.03 Å². The van der Waals surface area contributed by atoms with Crippen molar-refractivity contribution in [2.24, 2.45) is 33.5 Å². The lowest BCUT2D eigenvalue weighted by molar-refractivity contribution is 0.152. The number of rotatable bonds is 3. The molecule has 0 aromatic carbocycles. The maximum Gasteiger partial charge on any atom is 0.332 e. The lowest BCUT2D eigenvalue weighted by Gasteiger charge is -2.34. The molecule has 3 N–H and O–H groups in total. The Morgan fingerprint density at radius 3 is 2.50 bits per heavy atom. The monoisotopic (exact) mass is 251 g/mol. The molecule has 0 heterocycles. The fraction of sp³-hybridized carbons (Fsp3) is 0.857. The highest BCUT2D eigenvalue weighted by Crippen LogP contribution is 2.67. The Balaban J connectivity index is 2.21. The number of nitrogens with zero attached hydrogens (tertiary/aromatic N) is 1. The van der Waals surface area contributed by atoms with Crippen LogP contribution in [0.5, 0.6) is 0 Å². The first-order valence-electron chi connectivity index (χ1n) is 6.93. The molecule has 2 amide bonds. The average molecular weight is 251 g/mol.